The van der Waals surface area contributed by atoms with Gasteiger partial charge in [0.05, 0.1) is 14.2 Å². The zero-order valence-electron chi connectivity index (χ0n) is 13.8. The first-order valence-electron chi connectivity index (χ1n) is 7.59. The number of carbonyl (C=O) groups is 1. The molecule has 0 bridgehead atoms. The molecule has 0 fully saturated rings. The molecule has 123 valence electrons. The van der Waals surface area contributed by atoms with Crippen LogP contribution in [-0.4, -0.2) is 20.2 Å². The predicted octanol–water partition coefficient (Wildman–Crippen LogP) is 4.17. The Bertz CT molecular complexity index is 458. The third-order valence-electron chi connectivity index (χ3n) is 3.45. The van der Waals surface area contributed by atoms with E-state index >= 15 is 0 Å². The average molecular weight is 309 g/mol. The van der Waals surface area contributed by atoms with Crippen molar-refractivity contribution in [2.75, 3.05) is 14.2 Å². The van der Waals surface area contributed by atoms with Crippen LogP contribution in [0.3, 0.4) is 0 Å². The normalized spacial score (nSPS) is 11.8. The highest BCUT2D eigenvalue weighted by Gasteiger charge is 2.17. The molecule has 0 amide bonds. The number of methoxy groups -OCH3 is 2. The molecule has 0 aromatic heterocycles. The van der Waals surface area contributed by atoms with E-state index in [1.807, 2.05) is 0 Å². The fraction of sp³-hybridized carbons (Fsp3) is 0.529. The van der Waals surface area contributed by atoms with Gasteiger partial charge >= 0.3 is 5.97 Å². The SMILES string of the molecule is CCCCC([CH]OOC(=O)c1cc(OC)ccc1OC)CC. The molecule has 0 saturated heterocycles. The molecule has 1 aromatic rings. The molecule has 1 radical (unpaired) electrons. The first-order chi connectivity index (χ1) is 10.7. The molecule has 0 saturated carbocycles. The Morgan fingerprint density at radius 2 is 2.00 bits per heavy atom. The van der Waals surface area contributed by atoms with E-state index in [-0.39, 0.29) is 11.5 Å². The summed E-state index contributed by atoms with van der Waals surface area (Å²) in [6.45, 7) is 5.80. The zero-order chi connectivity index (χ0) is 16.4. The maximum Gasteiger partial charge on any atom is 0.376 e. The topological polar surface area (TPSA) is 54.0 Å². The van der Waals surface area contributed by atoms with Gasteiger partial charge in [-0.05, 0) is 30.5 Å². The molecular formula is C17H25O5. The van der Waals surface area contributed by atoms with Gasteiger partial charge in [0, 0.05) is 0 Å². The van der Waals surface area contributed by atoms with E-state index in [0.29, 0.717) is 11.5 Å². The van der Waals surface area contributed by atoms with E-state index in [1.54, 1.807) is 24.8 Å². The smallest absolute Gasteiger partial charge is 0.376 e. The number of unbranched alkanes of at least 4 members (excludes halogenated alkanes) is 1. The van der Waals surface area contributed by atoms with Crippen LogP contribution in [0.5, 0.6) is 11.5 Å². The second-order valence-corrected chi connectivity index (χ2v) is 4.98. The highest BCUT2D eigenvalue weighted by Crippen LogP contribution is 2.25. The molecule has 0 aliphatic carbocycles. The summed E-state index contributed by atoms with van der Waals surface area (Å²) in [6.07, 6.45) is 4.22. The summed E-state index contributed by atoms with van der Waals surface area (Å²) >= 11 is 0. The van der Waals surface area contributed by atoms with Gasteiger partial charge < -0.3 is 9.47 Å². The molecule has 22 heavy (non-hydrogen) atoms. The van der Waals surface area contributed by atoms with Gasteiger partial charge in [0.2, 0.25) is 0 Å². The fourth-order valence-electron chi connectivity index (χ4n) is 2.00. The molecule has 5 nitrogen and oxygen atoms in total. The van der Waals surface area contributed by atoms with Gasteiger partial charge in [0.25, 0.3) is 0 Å². The van der Waals surface area contributed by atoms with Gasteiger partial charge in [0.15, 0.2) is 0 Å². The van der Waals surface area contributed by atoms with Crippen molar-refractivity contribution in [2.45, 2.75) is 39.5 Å². The summed E-state index contributed by atoms with van der Waals surface area (Å²) in [5, 5.41) is 0. The fourth-order valence-corrected chi connectivity index (χ4v) is 2.00. The molecule has 5 heteroatoms. The Morgan fingerprint density at radius 1 is 1.23 bits per heavy atom. The Labute approximate surface area is 132 Å². The number of rotatable bonds is 10. The quantitative estimate of drug-likeness (QED) is 0.479. The number of benzene rings is 1. The second-order valence-electron chi connectivity index (χ2n) is 4.98. The van der Waals surface area contributed by atoms with Crippen LogP contribution in [-0.2, 0) is 9.78 Å². The average Bonchev–Trinajstić information content (AvgIpc) is 2.56. The Kier molecular flexibility index (Phi) is 8.36. The van der Waals surface area contributed by atoms with Gasteiger partial charge in [-0.25, -0.2) is 4.79 Å². The van der Waals surface area contributed by atoms with E-state index in [4.69, 9.17) is 19.2 Å². The molecule has 0 aliphatic heterocycles. The first-order valence-corrected chi connectivity index (χ1v) is 7.59. The molecule has 1 atom stereocenters. The maximum absolute atomic E-state index is 12.1. The first kappa shape index (κ1) is 18.3. The van der Waals surface area contributed by atoms with Crippen LogP contribution in [0, 0.1) is 12.5 Å². The van der Waals surface area contributed by atoms with Crippen molar-refractivity contribution in [1.82, 2.24) is 0 Å². The second kappa shape index (κ2) is 10.1. The standard InChI is InChI=1S/C17H25O5/c1-5-7-8-13(6-2)12-21-22-17(18)15-11-14(19-3)9-10-16(15)20-4/h9-13H,5-8H2,1-4H3. The Hall–Kier alpha value is -1.75. The Balaban J connectivity index is 2.57. The van der Waals surface area contributed by atoms with Gasteiger partial charge in [-0.3, -0.25) is 4.89 Å². The van der Waals surface area contributed by atoms with E-state index in [1.165, 1.54) is 14.2 Å². The largest absolute Gasteiger partial charge is 0.497 e. The Morgan fingerprint density at radius 3 is 2.59 bits per heavy atom. The van der Waals surface area contributed by atoms with Crippen LogP contribution >= 0.6 is 0 Å². The van der Waals surface area contributed by atoms with E-state index in [0.717, 1.165) is 25.7 Å². The third kappa shape index (κ3) is 5.56. The molecule has 0 aliphatic rings. The lowest BCUT2D eigenvalue weighted by atomic mass is 10.0. The van der Waals surface area contributed by atoms with Crippen molar-refractivity contribution in [3.8, 4) is 11.5 Å². The lowest BCUT2D eigenvalue weighted by Crippen LogP contribution is -2.10. The van der Waals surface area contributed by atoms with Gasteiger partial charge in [-0.15, -0.1) is 0 Å². The monoisotopic (exact) mass is 309 g/mol. The third-order valence-corrected chi connectivity index (χ3v) is 3.45. The highest BCUT2D eigenvalue weighted by atomic mass is 17.2. The number of carbonyl (C=O) groups excluding carboxylic acids is 1. The number of hydrogen-bond donors (Lipinski definition) is 0. The van der Waals surface area contributed by atoms with Crippen LogP contribution in [0.4, 0.5) is 0 Å². The van der Waals surface area contributed by atoms with Crippen molar-refractivity contribution in [3.05, 3.63) is 30.4 Å². The van der Waals surface area contributed by atoms with E-state index in [2.05, 4.69) is 13.8 Å². The van der Waals surface area contributed by atoms with Crippen molar-refractivity contribution >= 4 is 5.97 Å². The summed E-state index contributed by atoms with van der Waals surface area (Å²) in [7, 11) is 3.02. The summed E-state index contributed by atoms with van der Waals surface area (Å²) in [4.78, 5) is 21.9. The van der Waals surface area contributed by atoms with Gasteiger partial charge in [-0.2, -0.15) is 4.89 Å². The van der Waals surface area contributed by atoms with Crippen LogP contribution in [0.1, 0.15) is 49.9 Å². The van der Waals surface area contributed by atoms with Crippen molar-refractivity contribution in [2.24, 2.45) is 5.92 Å². The number of hydrogen-bond acceptors (Lipinski definition) is 5. The molecule has 1 aromatic carbocycles. The molecular weight excluding hydrogens is 284 g/mol. The number of ether oxygens (including phenoxy) is 2. The van der Waals surface area contributed by atoms with Crippen molar-refractivity contribution in [1.29, 1.82) is 0 Å². The van der Waals surface area contributed by atoms with Crippen LogP contribution in [0.25, 0.3) is 0 Å². The van der Waals surface area contributed by atoms with Crippen molar-refractivity contribution in [3.63, 3.8) is 0 Å². The lowest BCUT2D eigenvalue weighted by Gasteiger charge is -2.13. The maximum atomic E-state index is 12.1. The zero-order valence-corrected chi connectivity index (χ0v) is 13.8. The molecule has 0 spiro atoms. The summed E-state index contributed by atoms with van der Waals surface area (Å²) in [5.74, 6) is 0.621. The predicted molar refractivity (Wildman–Crippen MR) is 83.7 cm³/mol. The minimum atomic E-state index is -0.614. The van der Waals surface area contributed by atoms with Gasteiger partial charge in [0.1, 0.15) is 23.7 Å². The molecule has 0 heterocycles. The summed E-state index contributed by atoms with van der Waals surface area (Å²) in [6, 6.07) is 4.91. The van der Waals surface area contributed by atoms with Crippen LogP contribution in [0.2, 0.25) is 0 Å². The molecule has 1 unspecified atom stereocenters. The van der Waals surface area contributed by atoms with Crippen molar-refractivity contribution < 1.29 is 24.0 Å². The summed E-state index contributed by atoms with van der Waals surface area (Å²) in [5.41, 5.74) is 0.261. The highest BCUT2D eigenvalue weighted by molar-refractivity contribution is 5.92. The van der Waals surface area contributed by atoms with Gasteiger partial charge in [-0.1, -0.05) is 33.1 Å². The van der Waals surface area contributed by atoms with E-state index < -0.39 is 5.97 Å². The van der Waals surface area contributed by atoms with Crippen LogP contribution in [0.15, 0.2) is 18.2 Å². The minimum absolute atomic E-state index is 0.261. The minimum Gasteiger partial charge on any atom is -0.497 e. The molecule has 0 N–H and O–H groups in total. The molecule has 1 rings (SSSR count). The lowest BCUT2D eigenvalue weighted by molar-refractivity contribution is -0.219. The van der Waals surface area contributed by atoms with E-state index in [9.17, 15) is 4.79 Å². The van der Waals surface area contributed by atoms with Crippen LogP contribution < -0.4 is 9.47 Å². The summed E-state index contributed by atoms with van der Waals surface area (Å²) < 4.78 is 10.2.